The fraction of sp³-hybridized carbons (Fsp3) is 0.133. The second-order valence-electron chi connectivity index (χ2n) is 4.49. The van der Waals surface area contributed by atoms with Crippen molar-refractivity contribution in [2.24, 2.45) is 0 Å². The smallest absolute Gasteiger partial charge is 0.263 e. The lowest BCUT2D eigenvalue weighted by molar-refractivity contribution is 0.429. The van der Waals surface area contributed by atoms with Crippen LogP contribution in [0.4, 0.5) is 10.1 Å². The number of nitrogens with two attached hydrogens (primary N) is 1. The molecule has 0 aliphatic rings. The van der Waals surface area contributed by atoms with Gasteiger partial charge in [0.05, 0.1) is 5.56 Å². The van der Waals surface area contributed by atoms with Crippen LogP contribution in [0.2, 0.25) is 0 Å². The van der Waals surface area contributed by atoms with E-state index in [1.54, 1.807) is 12.3 Å². The molecule has 0 atom stereocenters. The van der Waals surface area contributed by atoms with Crippen LogP contribution < -0.4 is 5.73 Å². The molecule has 0 saturated carbocycles. The highest BCUT2D eigenvalue weighted by atomic mass is 19.1. The number of benzene rings is 1. The first kappa shape index (κ1) is 13.2. The Balaban J connectivity index is 2.09. The molecule has 5 nitrogen and oxygen atoms in total. The third kappa shape index (κ3) is 2.35. The molecule has 1 aromatic carbocycles. The van der Waals surface area contributed by atoms with Gasteiger partial charge in [0.25, 0.3) is 5.89 Å². The van der Waals surface area contributed by atoms with E-state index in [1.807, 2.05) is 19.1 Å². The van der Waals surface area contributed by atoms with Crippen LogP contribution in [0, 0.1) is 5.82 Å². The van der Waals surface area contributed by atoms with Gasteiger partial charge in [-0.15, -0.1) is 0 Å². The highest BCUT2D eigenvalue weighted by molar-refractivity contribution is 5.72. The number of rotatable bonds is 3. The maximum absolute atomic E-state index is 13.9. The van der Waals surface area contributed by atoms with E-state index in [0.29, 0.717) is 11.5 Å². The van der Waals surface area contributed by atoms with Gasteiger partial charge in [0.15, 0.2) is 0 Å². The van der Waals surface area contributed by atoms with E-state index in [-0.39, 0.29) is 17.1 Å². The Morgan fingerprint density at radius 3 is 2.86 bits per heavy atom. The van der Waals surface area contributed by atoms with Gasteiger partial charge < -0.3 is 10.3 Å². The minimum absolute atomic E-state index is 0.0494. The van der Waals surface area contributed by atoms with E-state index >= 15 is 0 Å². The molecule has 0 aliphatic carbocycles. The first-order valence-corrected chi connectivity index (χ1v) is 6.53. The summed E-state index contributed by atoms with van der Waals surface area (Å²) in [4.78, 5) is 8.48. The van der Waals surface area contributed by atoms with Gasteiger partial charge in [-0.3, -0.25) is 4.98 Å². The zero-order valence-corrected chi connectivity index (χ0v) is 11.4. The van der Waals surface area contributed by atoms with E-state index < -0.39 is 5.82 Å². The number of nitrogens with zero attached hydrogens (tertiary/aromatic N) is 3. The van der Waals surface area contributed by atoms with Crippen molar-refractivity contribution in [3.8, 4) is 23.0 Å². The predicted molar refractivity (Wildman–Crippen MR) is 76.7 cm³/mol. The molecule has 6 heteroatoms. The minimum atomic E-state index is -0.498. The normalized spacial score (nSPS) is 10.8. The average Bonchev–Trinajstić information content (AvgIpc) is 2.96. The zero-order chi connectivity index (χ0) is 14.8. The van der Waals surface area contributed by atoms with Crippen LogP contribution in [0.15, 0.2) is 41.1 Å². The Bertz CT molecular complexity index is 765. The van der Waals surface area contributed by atoms with Crippen LogP contribution in [0.1, 0.15) is 12.5 Å². The van der Waals surface area contributed by atoms with Crippen LogP contribution in [-0.4, -0.2) is 15.1 Å². The summed E-state index contributed by atoms with van der Waals surface area (Å²) in [6.45, 7) is 2.01. The SMILES string of the molecule is CCc1cccnc1-c1noc(-c2c(N)cccc2F)n1. The summed E-state index contributed by atoms with van der Waals surface area (Å²) < 4.78 is 19.0. The van der Waals surface area contributed by atoms with Crippen molar-refractivity contribution in [3.63, 3.8) is 0 Å². The largest absolute Gasteiger partial charge is 0.398 e. The molecule has 0 aliphatic heterocycles. The molecule has 3 aromatic rings. The van der Waals surface area contributed by atoms with Gasteiger partial charge in [-0.2, -0.15) is 4.98 Å². The summed E-state index contributed by atoms with van der Waals surface area (Å²) in [6.07, 6.45) is 2.44. The lowest BCUT2D eigenvalue weighted by Gasteiger charge is -2.01. The van der Waals surface area contributed by atoms with E-state index in [0.717, 1.165) is 12.0 Å². The summed E-state index contributed by atoms with van der Waals surface area (Å²) in [5, 5.41) is 3.88. The number of pyridine rings is 1. The van der Waals surface area contributed by atoms with Crippen LogP contribution in [0.3, 0.4) is 0 Å². The molecule has 0 saturated heterocycles. The molecule has 0 amide bonds. The van der Waals surface area contributed by atoms with E-state index in [4.69, 9.17) is 10.3 Å². The second-order valence-corrected chi connectivity index (χ2v) is 4.49. The highest BCUT2D eigenvalue weighted by Gasteiger charge is 2.18. The third-order valence-electron chi connectivity index (χ3n) is 3.17. The van der Waals surface area contributed by atoms with Crippen LogP contribution in [0.25, 0.3) is 23.0 Å². The van der Waals surface area contributed by atoms with Gasteiger partial charge in [-0.05, 0) is 30.2 Å². The van der Waals surface area contributed by atoms with Crippen molar-refractivity contribution in [2.75, 3.05) is 5.73 Å². The van der Waals surface area contributed by atoms with Gasteiger partial charge >= 0.3 is 0 Å². The maximum Gasteiger partial charge on any atom is 0.263 e. The van der Waals surface area contributed by atoms with Crippen molar-refractivity contribution >= 4 is 5.69 Å². The van der Waals surface area contributed by atoms with Crippen molar-refractivity contribution in [3.05, 3.63) is 47.9 Å². The van der Waals surface area contributed by atoms with E-state index in [1.165, 1.54) is 12.1 Å². The molecule has 3 rings (SSSR count). The van der Waals surface area contributed by atoms with Crippen molar-refractivity contribution < 1.29 is 8.91 Å². The lowest BCUT2D eigenvalue weighted by atomic mass is 10.1. The molecular weight excluding hydrogens is 271 g/mol. The third-order valence-corrected chi connectivity index (χ3v) is 3.17. The lowest BCUT2D eigenvalue weighted by Crippen LogP contribution is -1.95. The number of aromatic nitrogens is 3. The Kier molecular flexibility index (Phi) is 3.35. The molecule has 21 heavy (non-hydrogen) atoms. The van der Waals surface area contributed by atoms with Crippen molar-refractivity contribution in [1.82, 2.24) is 15.1 Å². The molecule has 0 unspecified atom stereocenters. The minimum Gasteiger partial charge on any atom is -0.398 e. The number of aryl methyl sites for hydroxylation is 1. The van der Waals surface area contributed by atoms with Crippen LogP contribution >= 0.6 is 0 Å². The highest BCUT2D eigenvalue weighted by Crippen LogP contribution is 2.29. The number of hydrogen-bond acceptors (Lipinski definition) is 5. The fourth-order valence-corrected chi connectivity index (χ4v) is 2.11. The first-order chi connectivity index (χ1) is 10.2. The molecule has 2 N–H and O–H groups in total. The molecule has 0 radical (unpaired) electrons. The van der Waals surface area contributed by atoms with Crippen molar-refractivity contribution in [2.45, 2.75) is 13.3 Å². The first-order valence-electron chi connectivity index (χ1n) is 6.53. The summed E-state index contributed by atoms with van der Waals surface area (Å²) in [5.41, 5.74) is 7.76. The monoisotopic (exact) mass is 284 g/mol. The number of hydrogen-bond donors (Lipinski definition) is 1. The number of nitrogen functional groups attached to an aromatic ring is 1. The Morgan fingerprint density at radius 2 is 2.10 bits per heavy atom. The Hall–Kier alpha value is -2.76. The molecule has 2 heterocycles. The summed E-state index contributed by atoms with van der Waals surface area (Å²) in [6, 6.07) is 8.20. The number of anilines is 1. The second kappa shape index (κ2) is 5.32. The molecule has 0 bridgehead atoms. The quantitative estimate of drug-likeness (QED) is 0.748. The Morgan fingerprint density at radius 1 is 1.24 bits per heavy atom. The topological polar surface area (TPSA) is 77.8 Å². The summed E-state index contributed by atoms with van der Waals surface area (Å²) >= 11 is 0. The molecule has 0 spiro atoms. The summed E-state index contributed by atoms with van der Waals surface area (Å²) in [5.74, 6) is -0.125. The Labute approximate surface area is 120 Å². The molecule has 0 fully saturated rings. The number of halogens is 1. The van der Waals surface area contributed by atoms with Gasteiger partial charge in [0.1, 0.15) is 11.5 Å². The molecule has 2 aromatic heterocycles. The summed E-state index contributed by atoms with van der Waals surface area (Å²) in [7, 11) is 0. The molecular formula is C15H13FN4O. The zero-order valence-electron chi connectivity index (χ0n) is 11.4. The van der Waals surface area contributed by atoms with Gasteiger partial charge in [0.2, 0.25) is 5.82 Å². The standard InChI is InChI=1S/C15H13FN4O/c1-2-9-5-4-8-18-13(9)14-19-15(21-20-14)12-10(16)6-3-7-11(12)17/h3-8H,2,17H2,1H3. The fourth-order valence-electron chi connectivity index (χ4n) is 2.11. The van der Waals surface area contributed by atoms with Crippen LogP contribution in [0.5, 0.6) is 0 Å². The molecule has 106 valence electrons. The van der Waals surface area contributed by atoms with E-state index in [2.05, 4.69) is 15.1 Å². The van der Waals surface area contributed by atoms with Gasteiger partial charge in [-0.1, -0.05) is 24.2 Å². The average molecular weight is 284 g/mol. The van der Waals surface area contributed by atoms with Gasteiger partial charge in [0, 0.05) is 11.9 Å². The van der Waals surface area contributed by atoms with Crippen LogP contribution in [-0.2, 0) is 6.42 Å². The van der Waals surface area contributed by atoms with Crippen molar-refractivity contribution in [1.29, 1.82) is 0 Å². The predicted octanol–water partition coefficient (Wildman–Crippen LogP) is 3.08. The van der Waals surface area contributed by atoms with E-state index in [9.17, 15) is 4.39 Å². The van der Waals surface area contributed by atoms with Gasteiger partial charge in [-0.25, -0.2) is 4.39 Å². The maximum atomic E-state index is 13.9.